The third-order valence-electron chi connectivity index (χ3n) is 2.47. The molecule has 0 unspecified atom stereocenters. The second-order valence-corrected chi connectivity index (χ2v) is 4.96. The maximum atomic E-state index is 12.9. The third kappa shape index (κ3) is 1.25. The highest BCUT2D eigenvalue weighted by Gasteiger charge is 2.56. The zero-order valence-electron chi connectivity index (χ0n) is 6.90. The van der Waals surface area contributed by atoms with Crippen molar-refractivity contribution < 1.29 is 12.3 Å². The van der Waals surface area contributed by atoms with Crippen molar-refractivity contribution in [2.24, 2.45) is 0 Å². The van der Waals surface area contributed by atoms with Crippen LogP contribution in [0.3, 0.4) is 0 Å². The van der Waals surface area contributed by atoms with Crippen molar-refractivity contribution in [2.45, 2.75) is 17.6 Å². The summed E-state index contributed by atoms with van der Waals surface area (Å²) in [6.45, 7) is 0. The lowest BCUT2D eigenvalue weighted by atomic mass is 10.1. The molecule has 0 spiro atoms. The van der Waals surface area contributed by atoms with E-state index in [-0.39, 0.29) is 0 Å². The summed E-state index contributed by atoms with van der Waals surface area (Å²) in [5.41, 5.74) is 0.567. The SMILES string of the molecule is O=S(=O)(F)C1(c2ccccc2)CC1. The van der Waals surface area contributed by atoms with Crippen LogP contribution in [0.25, 0.3) is 0 Å². The average Bonchev–Trinajstić information content (AvgIpc) is 2.84. The average molecular weight is 200 g/mol. The number of halogens is 1. The molecule has 13 heavy (non-hydrogen) atoms. The molecule has 0 aromatic heterocycles. The predicted octanol–water partition coefficient (Wildman–Crippen LogP) is 1.98. The van der Waals surface area contributed by atoms with Gasteiger partial charge in [-0.25, -0.2) is 0 Å². The van der Waals surface area contributed by atoms with Gasteiger partial charge < -0.3 is 0 Å². The van der Waals surface area contributed by atoms with Crippen LogP contribution in [0.5, 0.6) is 0 Å². The smallest absolute Gasteiger partial charge is 0.194 e. The summed E-state index contributed by atoms with van der Waals surface area (Å²) in [6.07, 6.45) is 0.797. The quantitative estimate of drug-likeness (QED) is 0.684. The molecule has 1 saturated carbocycles. The van der Waals surface area contributed by atoms with Crippen molar-refractivity contribution in [3.05, 3.63) is 35.9 Å². The molecule has 0 amide bonds. The Morgan fingerprint density at radius 1 is 1.15 bits per heavy atom. The summed E-state index contributed by atoms with van der Waals surface area (Å²) in [5, 5.41) is 0. The van der Waals surface area contributed by atoms with E-state index in [0.29, 0.717) is 18.4 Å². The maximum absolute atomic E-state index is 12.9. The molecule has 1 aromatic rings. The molecule has 0 aliphatic heterocycles. The van der Waals surface area contributed by atoms with E-state index in [2.05, 4.69) is 0 Å². The Bertz CT molecular complexity index is 407. The van der Waals surface area contributed by atoms with E-state index in [1.54, 1.807) is 30.3 Å². The molecule has 0 bridgehead atoms. The van der Waals surface area contributed by atoms with Gasteiger partial charge in [0.1, 0.15) is 4.75 Å². The van der Waals surface area contributed by atoms with E-state index >= 15 is 0 Å². The van der Waals surface area contributed by atoms with Crippen LogP contribution in [0, 0.1) is 0 Å². The highest BCUT2D eigenvalue weighted by Crippen LogP contribution is 2.53. The minimum Gasteiger partial charge on any atom is -0.194 e. The van der Waals surface area contributed by atoms with Gasteiger partial charge in [-0.05, 0) is 18.4 Å². The van der Waals surface area contributed by atoms with E-state index in [0.717, 1.165) is 0 Å². The van der Waals surface area contributed by atoms with Crippen LogP contribution in [0.15, 0.2) is 30.3 Å². The normalized spacial score (nSPS) is 19.8. The van der Waals surface area contributed by atoms with Gasteiger partial charge >= 0.3 is 10.2 Å². The Kier molecular flexibility index (Phi) is 1.70. The second-order valence-electron chi connectivity index (χ2n) is 3.30. The Hall–Kier alpha value is -0.900. The van der Waals surface area contributed by atoms with E-state index in [9.17, 15) is 12.3 Å². The van der Waals surface area contributed by atoms with Gasteiger partial charge in [0.15, 0.2) is 0 Å². The van der Waals surface area contributed by atoms with Gasteiger partial charge in [0.05, 0.1) is 0 Å². The van der Waals surface area contributed by atoms with Crippen LogP contribution in [0.4, 0.5) is 3.89 Å². The van der Waals surface area contributed by atoms with E-state index in [4.69, 9.17) is 0 Å². The van der Waals surface area contributed by atoms with Crippen molar-refractivity contribution in [3.8, 4) is 0 Å². The van der Waals surface area contributed by atoms with Crippen molar-refractivity contribution >= 4 is 10.2 Å². The Morgan fingerprint density at radius 2 is 1.69 bits per heavy atom. The van der Waals surface area contributed by atoms with Crippen molar-refractivity contribution in [3.63, 3.8) is 0 Å². The first-order valence-corrected chi connectivity index (χ1v) is 5.44. The summed E-state index contributed by atoms with van der Waals surface area (Å²) >= 11 is 0. The molecule has 1 fully saturated rings. The number of rotatable bonds is 2. The summed E-state index contributed by atoms with van der Waals surface area (Å²) in [5.74, 6) is 0. The van der Waals surface area contributed by atoms with Crippen molar-refractivity contribution in [2.75, 3.05) is 0 Å². The zero-order valence-corrected chi connectivity index (χ0v) is 7.72. The summed E-state index contributed by atoms with van der Waals surface area (Å²) in [6, 6.07) is 8.54. The zero-order chi connectivity index (χ0) is 9.53. The van der Waals surface area contributed by atoms with E-state index in [1.165, 1.54) is 0 Å². The first kappa shape index (κ1) is 8.69. The molecule has 0 atom stereocenters. The third-order valence-corrected chi connectivity index (χ3v) is 4.05. The van der Waals surface area contributed by atoms with E-state index in [1.807, 2.05) is 0 Å². The Labute approximate surface area is 76.6 Å². The molecule has 1 aliphatic carbocycles. The highest BCUT2D eigenvalue weighted by atomic mass is 32.3. The highest BCUT2D eigenvalue weighted by molar-refractivity contribution is 7.87. The Morgan fingerprint density at radius 3 is 2.08 bits per heavy atom. The van der Waals surface area contributed by atoms with Crippen LogP contribution in [0.2, 0.25) is 0 Å². The number of hydrogen-bond acceptors (Lipinski definition) is 2. The van der Waals surface area contributed by atoms with Crippen LogP contribution < -0.4 is 0 Å². The summed E-state index contributed by atoms with van der Waals surface area (Å²) in [4.78, 5) is 0. The minimum atomic E-state index is -4.44. The minimum absolute atomic E-state index is 0.399. The van der Waals surface area contributed by atoms with E-state index < -0.39 is 15.0 Å². The lowest BCUT2D eigenvalue weighted by Crippen LogP contribution is -2.15. The maximum Gasteiger partial charge on any atom is 0.312 e. The van der Waals surface area contributed by atoms with Gasteiger partial charge in [-0.15, -0.1) is 3.89 Å². The predicted molar refractivity (Wildman–Crippen MR) is 47.4 cm³/mol. The number of benzene rings is 1. The molecule has 0 heterocycles. The fourth-order valence-corrected chi connectivity index (χ4v) is 2.54. The van der Waals surface area contributed by atoms with Gasteiger partial charge in [0.25, 0.3) is 0 Å². The molecule has 1 aromatic carbocycles. The number of hydrogen-bond donors (Lipinski definition) is 0. The first-order chi connectivity index (χ1) is 6.06. The molecule has 70 valence electrons. The Balaban J connectivity index is 2.49. The molecule has 4 heteroatoms. The van der Waals surface area contributed by atoms with Crippen LogP contribution >= 0.6 is 0 Å². The molecule has 2 nitrogen and oxygen atoms in total. The summed E-state index contributed by atoms with van der Waals surface area (Å²) in [7, 11) is -4.44. The van der Waals surface area contributed by atoms with Gasteiger partial charge in [-0.2, -0.15) is 8.42 Å². The van der Waals surface area contributed by atoms with Gasteiger partial charge in [0.2, 0.25) is 0 Å². The molecule has 2 rings (SSSR count). The topological polar surface area (TPSA) is 34.1 Å². The van der Waals surface area contributed by atoms with Gasteiger partial charge in [-0.1, -0.05) is 30.3 Å². The van der Waals surface area contributed by atoms with Crippen LogP contribution in [-0.2, 0) is 15.0 Å². The fraction of sp³-hybridized carbons (Fsp3) is 0.333. The molecular formula is C9H9FO2S. The van der Waals surface area contributed by atoms with Gasteiger partial charge in [-0.3, -0.25) is 0 Å². The molecule has 0 radical (unpaired) electrons. The first-order valence-electron chi connectivity index (χ1n) is 4.06. The van der Waals surface area contributed by atoms with Crippen molar-refractivity contribution in [1.82, 2.24) is 0 Å². The van der Waals surface area contributed by atoms with Crippen molar-refractivity contribution in [1.29, 1.82) is 0 Å². The molecule has 0 N–H and O–H groups in total. The largest absolute Gasteiger partial charge is 0.312 e. The second kappa shape index (κ2) is 2.54. The monoisotopic (exact) mass is 200 g/mol. The van der Waals surface area contributed by atoms with Crippen LogP contribution in [0.1, 0.15) is 18.4 Å². The molecule has 0 saturated heterocycles. The lowest BCUT2D eigenvalue weighted by molar-refractivity contribution is 0.533. The summed E-state index contributed by atoms with van der Waals surface area (Å²) < 4.78 is 33.4. The van der Waals surface area contributed by atoms with Crippen LogP contribution in [-0.4, -0.2) is 8.42 Å². The lowest BCUT2D eigenvalue weighted by Gasteiger charge is -2.09. The molecular weight excluding hydrogens is 191 g/mol. The molecule has 1 aliphatic rings. The fourth-order valence-electron chi connectivity index (χ4n) is 1.53. The standard InChI is InChI=1S/C9H9FO2S/c10-13(11,12)9(6-7-9)8-4-2-1-3-5-8/h1-5H,6-7H2. The van der Waals surface area contributed by atoms with Gasteiger partial charge in [0, 0.05) is 0 Å².